The average Bonchev–Trinajstić information content (AvgIpc) is 2.48. The highest BCUT2D eigenvalue weighted by Crippen LogP contribution is 2.31. The van der Waals surface area contributed by atoms with Crippen LogP contribution in [0.15, 0.2) is 23.4 Å². The monoisotopic (exact) mass is 276 g/mol. The summed E-state index contributed by atoms with van der Waals surface area (Å²) in [7, 11) is 0. The van der Waals surface area contributed by atoms with E-state index < -0.39 is 0 Å². The minimum atomic E-state index is 0.103. The third kappa shape index (κ3) is 3.44. The molecular weight excluding hydrogens is 252 g/mol. The van der Waals surface area contributed by atoms with Crippen molar-refractivity contribution in [2.45, 2.75) is 52.1 Å². The predicted molar refractivity (Wildman–Crippen MR) is 80.4 cm³/mol. The van der Waals surface area contributed by atoms with E-state index in [9.17, 15) is 0 Å². The Morgan fingerprint density at radius 3 is 2.95 bits per heavy atom. The van der Waals surface area contributed by atoms with Crippen LogP contribution >= 0.6 is 0 Å². The molecule has 0 amide bonds. The fraction of sp³-hybridized carbons (Fsp3) is 0.562. The molecule has 0 heterocycles. The van der Waals surface area contributed by atoms with Gasteiger partial charge in [0.05, 0.1) is 11.7 Å². The summed E-state index contributed by atoms with van der Waals surface area (Å²) in [6, 6.07) is 5.80. The SMILES string of the molecule is CCC1CCCC(Oc2ccc(C)cc2/C(N)=N/O)C1. The molecule has 0 aliphatic heterocycles. The molecule has 20 heavy (non-hydrogen) atoms. The van der Waals surface area contributed by atoms with Crippen LogP contribution in [0.4, 0.5) is 0 Å². The van der Waals surface area contributed by atoms with Gasteiger partial charge in [-0.25, -0.2) is 0 Å². The lowest BCUT2D eigenvalue weighted by Crippen LogP contribution is -2.26. The number of hydrogen-bond donors (Lipinski definition) is 2. The first kappa shape index (κ1) is 14.7. The quantitative estimate of drug-likeness (QED) is 0.383. The Morgan fingerprint density at radius 2 is 2.25 bits per heavy atom. The number of hydrogen-bond acceptors (Lipinski definition) is 3. The minimum Gasteiger partial charge on any atom is -0.490 e. The molecule has 0 bridgehead atoms. The maximum atomic E-state index is 8.90. The summed E-state index contributed by atoms with van der Waals surface area (Å²) in [6.07, 6.45) is 6.15. The van der Waals surface area contributed by atoms with Crippen molar-refractivity contribution in [1.29, 1.82) is 0 Å². The van der Waals surface area contributed by atoms with Crippen molar-refractivity contribution >= 4 is 5.84 Å². The molecule has 1 fully saturated rings. The molecule has 2 unspecified atom stereocenters. The third-order valence-corrected chi connectivity index (χ3v) is 4.12. The molecule has 0 radical (unpaired) electrons. The maximum absolute atomic E-state index is 8.90. The van der Waals surface area contributed by atoms with Crippen LogP contribution in [0.1, 0.15) is 50.2 Å². The molecule has 3 N–H and O–H groups in total. The third-order valence-electron chi connectivity index (χ3n) is 4.12. The minimum absolute atomic E-state index is 0.103. The zero-order valence-corrected chi connectivity index (χ0v) is 12.3. The number of ether oxygens (including phenoxy) is 1. The number of rotatable bonds is 4. The summed E-state index contributed by atoms with van der Waals surface area (Å²) in [5, 5.41) is 12.0. The Labute approximate surface area is 120 Å². The van der Waals surface area contributed by atoms with Crippen molar-refractivity contribution in [3.05, 3.63) is 29.3 Å². The maximum Gasteiger partial charge on any atom is 0.173 e. The molecule has 0 aromatic heterocycles. The molecule has 1 aliphatic carbocycles. The van der Waals surface area contributed by atoms with Crippen molar-refractivity contribution in [1.82, 2.24) is 0 Å². The van der Waals surface area contributed by atoms with Gasteiger partial charge in [0.15, 0.2) is 5.84 Å². The van der Waals surface area contributed by atoms with Crippen LogP contribution in [-0.4, -0.2) is 17.1 Å². The second-order valence-electron chi connectivity index (χ2n) is 5.67. The van der Waals surface area contributed by atoms with Gasteiger partial charge in [0, 0.05) is 0 Å². The first-order valence-electron chi connectivity index (χ1n) is 7.39. The summed E-state index contributed by atoms with van der Waals surface area (Å²) in [5.41, 5.74) is 7.48. The molecule has 1 aromatic rings. The highest BCUT2D eigenvalue weighted by atomic mass is 16.5. The topological polar surface area (TPSA) is 67.8 Å². The smallest absolute Gasteiger partial charge is 0.173 e. The van der Waals surface area contributed by atoms with E-state index in [0.29, 0.717) is 11.3 Å². The van der Waals surface area contributed by atoms with Gasteiger partial charge < -0.3 is 15.7 Å². The molecule has 0 spiro atoms. The molecule has 110 valence electrons. The Balaban J connectivity index is 2.16. The van der Waals surface area contributed by atoms with Crippen LogP contribution < -0.4 is 10.5 Å². The molecule has 0 saturated heterocycles. The van der Waals surface area contributed by atoms with E-state index in [1.165, 1.54) is 19.3 Å². The summed E-state index contributed by atoms with van der Waals surface area (Å²) in [6.45, 7) is 4.21. The number of amidine groups is 1. The van der Waals surface area contributed by atoms with Gasteiger partial charge in [-0.1, -0.05) is 36.6 Å². The lowest BCUT2D eigenvalue weighted by Gasteiger charge is -2.29. The van der Waals surface area contributed by atoms with E-state index in [0.717, 1.165) is 24.3 Å². The molecule has 4 nitrogen and oxygen atoms in total. The van der Waals surface area contributed by atoms with Gasteiger partial charge in [0.2, 0.25) is 0 Å². The second-order valence-corrected chi connectivity index (χ2v) is 5.67. The van der Waals surface area contributed by atoms with Crippen LogP contribution in [-0.2, 0) is 0 Å². The van der Waals surface area contributed by atoms with Crippen molar-refractivity contribution in [3.63, 3.8) is 0 Å². The number of benzene rings is 1. The van der Waals surface area contributed by atoms with Gasteiger partial charge in [-0.05, 0) is 44.2 Å². The normalized spacial score (nSPS) is 23.6. The van der Waals surface area contributed by atoms with Gasteiger partial charge in [-0.3, -0.25) is 0 Å². The highest BCUT2D eigenvalue weighted by Gasteiger charge is 2.23. The van der Waals surface area contributed by atoms with Gasteiger partial charge >= 0.3 is 0 Å². The summed E-state index contributed by atoms with van der Waals surface area (Å²) < 4.78 is 6.12. The number of nitrogens with two attached hydrogens (primary N) is 1. The molecule has 2 rings (SSSR count). The van der Waals surface area contributed by atoms with Gasteiger partial charge in [-0.2, -0.15) is 0 Å². The van der Waals surface area contributed by atoms with Crippen LogP contribution in [0.25, 0.3) is 0 Å². The van der Waals surface area contributed by atoms with E-state index >= 15 is 0 Å². The molecule has 1 aliphatic rings. The Morgan fingerprint density at radius 1 is 1.45 bits per heavy atom. The first-order valence-corrected chi connectivity index (χ1v) is 7.39. The van der Waals surface area contributed by atoms with Crippen LogP contribution in [0.5, 0.6) is 5.75 Å². The predicted octanol–water partition coefficient (Wildman–Crippen LogP) is 3.44. The number of aryl methyl sites for hydroxylation is 1. The van der Waals surface area contributed by atoms with Crippen molar-refractivity contribution in [2.75, 3.05) is 0 Å². The molecule has 4 heteroatoms. The second kappa shape index (κ2) is 6.64. The van der Waals surface area contributed by atoms with Crippen molar-refractivity contribution < 1.29 is 9.94 Å². The van der Waals surface area contributed by atoms with Gasteiger partial charge in [0.25, 0.3) is 0 Å². The lowest BCUT2D eigenvalue weighted by molar-refractivity contribution is 0.122. The zero-order valence-electron chi connectivity index (χ0n) is 12.3. The lowest BCUT2D eigenvalue weighted by atomic mass is 9.85. The Hall–Kier alpha value is -1.71. The van der Waals surface area contributed by atoms with E-state index in [2.05, 4.69) is 12.1 Å². The van der Waals surface area contributed by atoms with Crippen molar-refractivity contribution in [2.24, 2.45) is 16.8 Å². The highest BCUT2D eigenvalue weighted by molar-refractivity contribution is 5.99. The van der Waals surface area contributed by atoms with Gasteiger partial charge in [-0.15, -0.1) is 0 Å². The Bertz CT molecular complexity index is 485. The van der Waals surface area contributed by atoms with Crippen LogP contribution in [0, 0.1) is 12.8 Å². The van der Waals surface area contributed by atoms with E-state index in [4.69, 9.17) is 15.7 Å². The van der Waals surface area contributed by atoms with E-state index in [1.54, 1.807) is 0 Å². The largest absolute Gasteiger partial charge is 0.490 e. The van der Waals surface area contributed by atoms with Gasteiger partial charge in [0.1, 0.15) is 5.75 Å². The molecule has 1 aromatic carbocycles. The van der Waals surface area contributed by atoms with Crippen LogP contribution in [0.2, 0.25) is 0 Å². The summed E-state index contributed by atoms with van der Waals surface area (Å²) >= 11 is 0. The zero-order chi connectivity index (χ0) is 14.5. The molecule has 2 atom stereocenters. The summed E-state index contributed by atoms with van der Waals surface area (Å²) in [4.78, 5) is 0. The standard InChI is InChI=1S/C16H24N2O2/c1-3-12-5-4-6-13(10-12)20-15-8-7-11(2)9-14(15)16(17)18-19/h7-9,12-13,19H,3-6,10H2,1-2H3,(H2,17,18). The first-order chi connectivity index (χ1) is 9.63. The van der Waals surface area contributed by atoms with E-state index in [-0.39, 0.29) is 11.9 Å². The Kier molecular flexibility index (Phi) is 4.88. The van der Waals surface area contributed by atoms with Crippen LogP contribution in [0.3, 0.4) is 0 Å². The number of nitrogens with zero attached hydrogens (tertiary/aromatic N) is 1. The fourth-order valence-corrected chi connectivity index (χ4v) is 2.90. The van der Waals surface area contributed by atoms with Crippen molar-refractivity contribution in [3.8, 4) is 5.75 Å². The molecular formula is C16H24N2O2. The average molecular weight is 276 g/mol. The van der Waals surface area contributed by atoms with E-state index in [1.807, 2.05) is 25.1 Å². The molecule has 1 saturated carbocycles. The summed E-state index contributed by atoms with van der Waals surface area (Å²) in [5.74, 6) is 1.57. The fourth-order valence-electron chi connectivity index (χ4n) is 2.90. The number of oxime groups is 1.